The predicted octanol–water partition coefficient (Wildman–Crippen LogP) is 1.33. The number of hydrogen-bond donors (Lipinski definition) is 2. The van der Waals surface area contributed by atoms with Gasteiger partial charge in [0, 0.05) is 19.0 Å². The molecule has 1 aliphatic rings. The monoisotopic (exact) mass is 236 g/mol. The smallest absolute Gasteiger partial charge is 0.224 e. The molecular weight excluding hydrogens is 216 g/mol. The van der Waals surface area contributed by atoms with E-state index in [1.807, 2.05) is 19.1 Å². The summed E-state index contributed by atoms with van der Waals surface area (Å²) in [7, 11) is 0. The normalized spacial score (nSPS) is 22.1. The molecule has 2 atom stereocenters. The summed E-state index contributed by atoms with van der Waals surface area (Å²) in [5.74, 6) is 1.21. The maximum absolute atomic E-state index is 12.0. The minimum Gasteiger partial charge on any atom is -0.469 e. The highest BCUT2D eigenvalue weighted by molar-refractivity contribution is 5.79. The molecule has 1 aromatic rings. The van der Waals surface area contributed by atoms with E-state index in [1.165, 1.54) is 0 Å². The summed E-state index contributed by atoms with van der Waals surface area (Å²) in [6.45, 7) is 3.85. The fraction of sp³-hybridized carbons (Fsp3) is 0.615. The van der Waals surface area contributed by atoms with Crippen molar-refractivity contribution in [2.24, 2.45) is 5.92 Å². The molecule has 4 heteroatoms. The van der Waals surface area contributed by atoms with E-state index in [0.717, 1.165) is 38.1 Å². The molecule has 0 saturated carbocycles. The highest BCUT2D eigenvalue weighted by atomic mass is 16.3. The van der Waals surface area contributed by atoms with Gasteiger partial charge in [0.05, 0.1) is 12.2 Å². The minimum atomic E-state index is 0.121. The van der Waals surface area contributed by atoms with Gasteiger partial charge in [-0.1, -0.05) is 0 Å². The first-order valence-corrected chi connectivity index (χ1v) is 6.29. The lowest BCUT2D eigenvalue weighted by atomic mass is 9.98. The van der Waals surface area contributed by atoms with Crippen LogP contribution in [0.5, 0.6) is 0 Å². The summed E-state index contributed by atoms with van der Waals surface area (Å²) in [6.07, 6.45) is 4.49. The van der Waals surface area contributed by atoms with Gasteiger partial charge in [0.2, 0.25) is 5.91 Å². The molecule has 17 heavy (non-hydrogen) atoms. The number of carbonyl (C=O) groups is 1. The average molecular weight is 236 g/mol. The molecule has 1 unspecified atom stereocenters. The lowest BCUT2D eigenvalue weighted by Gasteiger charge is -2.23. The minimum absolute atomic E-state index is 0.121. The first-order valence-electron chi connectivity index (χ1n) is 6.29. The van der Waals surface area contributed by atoms with Crippen molar-refractivity contribution in [3.63, 3.8) is 0 Å². The van der Waals surface area contributed by atoms with Gasteiger partial charge in [-0.25, -0.2) is 0 Å². The predicted molar refractivity (Wildman–Crippen MR) is 65.6 cm³/mol. The summed E-state index contributed by atoms with van der Waals surface area (Å²) in [4.78, 5) is 12.0. The van der Waals surface area contributed by atoms with Crippen LogP contribution in [0, 0.1) is 5.92 Å². The first kappa shape index (κ1) is 12.2. The van der Waals surface area contributed by atoms with Crippen LogP contribution in [0.2, 0.25) is 0 Å². The summed E-state index contributed by atoms with van der Waals surface area (Å²) >= 11 is 0. The Hall–Kier alpha value is -1.29. The molecule has 2 heterocycles. The fourth-order valence-corrected chi connectivity index (χ4v) is 2.22. The zero-order valence-electron chi connectivity index (χ0n) is 10.2. The molecule has 1 fully saturated rings. The quantitative estimate of drug-likeness (QED) is 0.829. The van der Waals surface area contributed by atoms with Crippen molar-refractivity contribution >= 4 is 5.91 Å². The first-order chi connectivity index (χ1) is 8.25. The standard InChI is InChI=1S/C13H20N2O2/c1-10(8-12-5-3-7-17-12)15-13(16)11-4-2-6-14-9-11/h3,5,7,10-11,14H,2,4,6,8-9H2,1H3,(H,15,16)/t10?,11-/m0/s1. The molecule has 2 rings (SSSR count). The largest absolute Gasteiger partial charge is 0.469 e. The molecule has 1 aliphatic heterocycles. The van der Waals surface area contributed by atoms with Crippen molar-refractivity contribution in [1.29, 1.82) is 0 Å². The number of furan rings is 1. The molecule has 1 aromatic heterocycles. The second-order valence-corrected chi connectivity index (χ2v) is 4.74. The van der Waals surface area contributed by atoms with E-state index in [4.69, 9.17) is 4.42 Å². The van der Waals surface area contributed by atoms with Gasteiger partial charge in [-0.3, -0.25) is 4.79 Å². The molecule has 2 N–H and O–H groups in total. The summed E-state index contributed by atoms with van der Waals surface area (Å²) in [5.41, 5.74) is 0. The number of carbonyl (C=O) groups excluding carboxylic acids is 1. The van der Waals surface area contributed by atoms with Gasteiger partial charge in [0.1, 0.15) is 5.76 Å². The van der Waals surface area contributed by atoms with Crippen LogP contribution in [0.1, 0.15) is 25.5 Å². The van der Waals surface area contributed by atoms with Crippen LogP contribution in [0.15, 0.2) is 22.8 Å². The summed E-state index contributed by atoms with van der Waals surface area (Å²) in [6, 6.07) is 3.93. The van der Waals surface area contributed by atoms with Gasteiger partial charge < -0.3 is 15.1 Å². The summed E-state index contributed by atoms with van der Waals surface area (Å²) < 4.78 is 5.27. The maximum atomic E-state index is 12.0. The summed E-state index contributed by atoms with van der Waals surface area (Å²) in [5, 5.41) is 6.30. The number of piperidine rings is 1. The van der Waals surface area contributed by atoms with E-state index < -0.39 is 0 Å². The Bertz CT molecular complexity index is 342. The lowest BCUT2D eigenvalue weighted by molar-refractivity contribution is -0.126. The van der Waals surface area contributed by atoms with E-state index >= 15 is 0 Å². The van der Waals surface area contributed by atoms with Crippen molar-refractivity contribution < 1.29 is 9.21 Å². The van der Waals surface area contributed by atoms with Gasteiger partial charge in [0.15, 0.2) is 0 Å². The van der Waals surface area contributed by atoms with E-state index in [9.17, 15) is 4.79 Å². The van der Waals surface area contributed by atoms with Crippen molar-refractivity contribution in [3.8, 4) is 0 Å². The van der Waals surface area contributed by atoms with E-state index in [0.29, 0.717) is 0 Å². The number of nitrogens with one attached hydrogen (secondary N) is 2. The Morgan fingerprint density at radius 1 is 1.71 bits per heavy atom. The van der Waals surface area contributed by atoms with Crippen LogP contribution in [0.4, 0.5) is 0 Å². The number of hydrogen-bond acceptors (Lipinski definition) is 3. The fourth-order valence-electron chi connectivity index (χ4n) is 2.22. The molecule has 94 valence electrons. The van der Waals surface area contributed by atoms with Crippen LogP contribution in [0.25, 0.3) is 0 Å². The zero-order chi connectivity index (χ0) is 12.1. The highest BCUT2D eigenvalue weighted by Gasteiger charge is 2.22. The van der Waals surface area contributed by atoms with Crippen molar-refractivity contribution in [1.82, 2.24) is 10.6 Å². The van der Waals surface area contributed by atoms with E-state index in [1.54, 1.807) is 6.26 Å². The average Bonchev–Trinajstić information content (AvgIpc) is 2.82. The Morgan fingerprint density at radius 3 is 3.24 bits per heavy atom. The molecule has 1 amide bonds. The van der Waals surface area contributed by atoms with Crippen molar-refractivity contribution in [3.05, 3.63) is 24.2 Å². The second-order valence-electron chi connectivity index (χ2n) is 4.74. The van der Waals surface area contributed by atoms with Crippen LogP contribution < -0.4 is 10.6 Å². The highest BCUT2D eigenvalue weighted by Crippen LogP contribution is 2.11. The van der Waals surface area contributed by atoms with Crippen LogP contribution in [0.3, 0.4) is 0 Å². The molecule has 1 saturated heterocycles. The van der Waals surface area contributed by atoms with Crippen molar-refractivity contribution in [2.75, 3.05) is 13.1 Å². The SMILES string of the molecule is CC(Cc1ccco1)NC(=O)[C@H]1CCCNC1. The van der Waals surface area contributed by atoms with Gasteiger partial charge in [-0.2, -0.15) is 0 Å². The van der Waals surface area contributed by atoms with Gasteiger partial charge in [-0.15, -0.1) is 0 Å². The zero-order valence-corrected chi connectivity index (χ0v) is 10.2. The van der Waals surface area contributed by atoms with Crippen LogP contribution in [-0.2, 0) is 11.2 Å². The molecule has 4 nitrogen and oxygen atoms in total. The molecular formula is C13H20N2O2. The van der Waals surface area contributed by atoms with Crippen LogP contribution in [-0.4, -0.2) is 25.0 Å². The van der Waals surface area contributed by atoms with E-state index in [2.05, 4.69) is 10.6 Å². The van der Waals surface area contributed by atoms with E-state index in [-0.39, 0.29) is 17.9 Å². The Labute approximate surface area is 102 Å². The van der Waals surface area contributed by atoms with Gasteiger partial charge in [0.25, 0.3) is 0 Å². The number of rotatable bonds is 4. The maximum Gasteiger partial charge on any atom is 0.224 e. The topological polar surface area (TPSA) is 54.3 Å². The van der Waals surface area contributed by atoms with Crippen LogP contribution >= 0.6 is 0 Å². The van der Waals surface area contributed by atoms with Crippen molar-refractivity contribution in [2.45, 2.75) is 32.2 Å². The Kier molecular flexibility index (Phi) is 4.20. The Morgan fingerprint density at radius 2 is 2.59 bits per heavy atom. The third-order valence-electron chi connectivity index (χ3n) is 3.14. The van der Waals surface area contributed by atoms with Gasteiger partial charge in [-0.05, 0) is 38.4 Å². The van der Waals surface area contributed by atoms with Gasteiger partial charge >= 0.3 is 0 Å². The third kappa shape index (κ3) is 3.60. The third-order valence-corrected chi connectivity index (χ3v) is 3.14. The molecule has 0 aliphatic carbocycles. The second kappa shape index (κ2) is 5.87. The lowest BCUT2D eigenvalue weighted by Crippen LogP contribution is -2.44. The molecule has 0 radical (unpaired) electrons. The molecule has 0 spiro atoms. The number of amides is 1. The molecule has 0 aromatic carbocycles. The molecule has 0 bridgehead atoms. The Balaban J connectivity index is 1.77.